The molecule has 23 heavy (non-hydrogen) atoms. The predicted octanol–water partition coefficient (Wildman–Crippen LogP) is 5.26. The van der Waals surface area contributed by atoms with Crippen molar-refractivity contribution < 1.29 is 9.53 Å². The van der Waals surface area contributed by atoms with Crippen molar-refractivity contribution >= 4 is 46.6 Å². The predicted molar refractivity (Wildman–Crippen MR) is 98.9 cm³/mol. The summed E-state index contributed by atoms with van der Waals surface area (Å²) < 4.78 is 5.57. The molecule has 0 fully saturated rings. The van der Waals surface area contributed by atoms with Crippen LogP contribution in [-0.2, 0) is 10.5 Å². The lowest BCUT2D eigenvalue weighted by Gasteiger charge is -2.11. The molecule has 122 valence electrons. The van der Waals surface area contributed by atoms with Gasteiger partial charge in [0.1, 0.15) is 5.75 Å². The molecule has 0 saturated carbocycles. The van der Waals surface area contributed by atoms with Crippen molar-refractivity contribution in [1.82, 2.24) is 0 Å². The fraction of sp³-hybridized carbons (Fsp3) is 0.235. The van der Waals surface area contributed by atoms with Crippen LogP contribution in [0.25, 0.3) is 0 Å². The molecule has 2 aromatic carbocycles. The van der Waals surface area contributed by atoms with E-state index in [1.165, 1.54) is 11.8 Å². The molecule has 0 spiro atoms. The van der Waals surface area contributed by atoms with E-state index in [0.29, 0.717) is 33.8 Å². The SMILES string of the molecule is CCOc1ccccc1CSCC(=O)Nc1c(Cl)cccc1Cl. The van der Waals surface area contributed by atoms with Gasteiger partial charge < -0.3 is 10.1 Å². The molecule has 6 heteroatoms. The van der Waals surface area contributed by atoms with Crippen LogP contribution in [-0.4, -0.2) is 18.3 Å². The van der Waals surface area contributed by atoms with E-state index in [0.717, 1.165) is 11.3 Å². The fourth-order valence-electron chi connectivity index (χ4n) is 1.97. The first-order valence-corrected chi connectivity index (χ1v) is 9.05. The average molecular weight is 370 g/mol. The third-order valence-corrected chi connectivity index (χ3v) is 4.60. The Hall–Kier alpha value is -1.36. The van der Waals surface area contributed by atoms with Crippen molar-refractivity contribution in [2.75, 3.05) is 17.7 Å². The number of para-hydroxylation sites is 2. The number of amides is 1. The van der Waals surface area contributed by atoms with Gasteiger partial charge in [-0.25, -0.2) is 0 Å². The van der Waals surface area contributed by atoms with Crippen LogP contribution in [0.3, 0.4) is 0 Å². The molecular weight excluding hydrogens is 353 g/mol. The van der Waals surface area contributed by atoms with Gasteiger partial charge in [0.15, 0.2) is 0 Å². The molecule has 0 heterocycles. The van der Waals surface area contributed by atoms with Crippen molar-refractivity contribution in [3.05, 3.63) is 58.1 Å². The van der Waals surface area contributed by atoms with E-state index >= 15 is 0 Å². The maximum atomic E-state index is 12.0. The smallest absolute Gasteiger partial charge is 0.234 e. The van der Waals surface area contributed by atoms with Crippen LogP contribution in [0.1, 0.15) is 12.5 Å². The van der Waals surface area contributed by atoms with E-state index in [4.69, 9.17) is 27.9 Å². The molecule has 0 aliphatic carbocycles. The van der Waals surface area contributed by atoms with E-state index in [1.807, 2.05) is 31.2 Å². The van der Waals surface area contributed by atoms with E-state index in [2.05, 4.69) is 5.32 Å². The highest BCUT2D eigenvalue weighted by Crippen LogP contribution is 2.30. The Balaban J connectivity index is 1.88. The Morgan fingerprint density at radius 2 is 1.83 bits per heavy atom. The lowest BCUT2D eigenvalue weighted by atomic mass is 10.2. The fourth-order valence-corrected chi connectivity index (χ4v) is 3.28. The molecule has 3 nitrogen and oxygen atoms in total. The number of carbonyl (C=O) groups excluding carboxylic acids is 1. The van der Waals surface area contributed by atoms with Crippen LogP contribution in [0.2, 0.25) is 10.0 Å². The molecule has 0 atom stereocenters. The molecule has 0 aliphatic rings. The minimum absolute atomic E-state index is 0.140. The second-order valence-corrected chi connectivity index (χ2v) is 6.48. The summed E-state index contributed by atoms with van der Waals surface area (Å²) in [4.78, 5) is 12.0. The van der Waals surface area contributed by atoms with Gasteiger partial charge in [-0.3, -0.25) is 4.79 Å². The van der Waals surface area contributed by atoms with Crippen molar-refractivity contribution in [3.63, 3.8) is 0 Å². The number of thioether (sulfide) groups is 1. The lowest BCUT2D eigenvalue weighted by molar-refractivity contribution is -0.113. The summed E-state index contributed by atoms with van der Waals surface area (Å²) in [6.45, 7) is 2.57. The number of carbonyl (C=O) groups is 1. The number of ether oxygens (including phenoxy) is 1. The summed E-state index contributed by atoms with van der Waals surface area (Å²) in [5, 5.41) is 3.61. The second-order valence-electron chi connectivity index (χ2n) is 4.68. The third-order valence-electron chi connectivity index (χ3n) is 2.99. The third kappa shape index (κ3) is 5.34. The first-order valence-electron chi connectivity index (χ1n) is 7.14. The number of halogens is 2. The van der Waals surface area contributed by atoms with E-state index < -0.39 is 0 Å². The van der Waals surface area contributed by atoms with E-state index in [9.17, 15) is 4.79 Å². The number of hydrogen-bond acceptors (Lipinski definition) is 3. The molecule has 0 saturated heterocycles. The summed E-state index contributed by atoms with van der Waals surface area (Å²) in [6.07, 6.45) is 0. The quantitative estimate of drug-likeness (QED) is 0.722. The summed E-state index contributed by atoms with van der Waals surface area (Å²) in [6, 6.07) is 12.9. The minimum atomic E-state index is -0.140. The van der Waals surface area contributed by atoms with Crippen LogP contribution in [0.15, 0.2) is 42.5 Å². The zero-order valence-corrected chi connectivity index (χ0v) is 15.0. The summed E-state index contributed by atoms with van der Waals surface area (Å²) in [5.41, 5.74) is 1.53. The molecule has 0 unspecified atom stereocenters. The van der Waals surface area contributed by atoms with Crippen molar-refractivity contribution in [3.8, 4) is 5.75 Å². The standard InChI is InChI=1S/C17H17Cl2NO2S/c1-2-22-15-9-4-3-6-12(15)10-23-11-16(21)20-17-13(18)7-5-8-14(17)19/h3-9H,2,10-11H2,1H3,(H,20,21). The maximum Gasteiger partial charge on any atom is 0.234 e. The zero-order chi connectivity index (χ0) is 16.7. The zero-order valence-electron chi connectivity index (χ0n) is 12.6. The van der Waals surface area contributed by atoms with Crippen molar-refractivity contribution in [1.29, 1.82) is 0 Å². The van der Waals surface area contributed by atoms with Crippen molar-refractivity contribution in [2.24, 2.45) is 0 Å². The molecule has 0 radical (unpaired) electrons. The first-order chi connectivity index (χ1) is 11.1. The van der Waals surface area contributed by atoms with Crippen LogP contribution in [0, 0.1) is 0 Å². The largest absolute Gasteiger partial charge is 0.494 e. The van der Waals surface area contributed by atoms with Gasteiger partial charge in [0, 0.05) is 11.3 Å². The number of anilines is 1. The number of hydrogen-bond donors (Lipinski definition) is 1. The topological polar surface area (TPSA) is 38.3 Å². The van der Waals surface area contributed by atoms with Gasteiger partial charge in [0.25, 0.3) is 0 Å². The summed E-state index contributed by atoms with van der Waals surface area (Å²) in [7, 11) is 0. The molecule has 2 rings (SSSR count). The Labute approximate surface area is 150 Å². The van der Waals surface area contributed by atoms with Crippen LogP contribution in [0.5, 0.6) is 5.75 Å². The molecule has 0 aromatic heterocycles. The molecule has 1 amide bonds. The maximum absolute atomic E-state index is 12.0. The van der Waals surface area contributed by atoms with Crippen LogP contribution >= 0.6 is 35.0 Å². The number of benzene rings is 2. The normalized spacial score (nSPS) is 10.4. The Morgan fingerprint density at radius 1 is 1.13 bits per heavy atom. The average Bonchev–Trinajstić information content (AvgIpc) is 2.53. The number of nitrogens with one attached hydrogen (secondary N) is 1. The first kappa shape index (κ1) is 18.0. The highest BCUT2D eigenvalue weighted by Gasteiger charge is 2.10. The second kappa shape index (κ2) is 9.06. The number of rotatable bonds is 7. The summed E-state index contributed by atoms with van der Waals surface area (Å²) in [5.74, 6) is 1.72. The van der Waals surface area contributed by atoms with Gasteiger partial charge in [0.2, 0.25) is 5.91 Å². The van der Waals surface area contributed by atoms with Gasteiger partial charge in [0.05, 0.1) is 28.1 Å². The highest BCUT2D eigenvalue weighted by molar-refractivity contribution is 7.99. The summed E-state index contributed by atoms with van der Waals surface area (Å²) >= 11 is 13.6. The Kier molecular flexibility index (Phi) is 7.09. The van der Waals surface area contributed by atoms with Gasteiger partial charge >= 0.3 is 0 Å². The van der Waals surface area contributed by atoms with Gasteiger partial charge in [-0.1, -0.05) is 47.5 Å². The van der Waals surface area contributed by atoms with E-state index in [-0.39, 0.29) is 5.91 Å². The van der Waals surface area contributed by atoms with Gasteiger partial charge in [-0.2, -0.15) is 0 Å². The minimum Gasteiger partial charge on any atom is -0.494 e. The lowest BCUT2D eigenvalue weighted by Crippen LogP contribution is -2.14. The van der Waals surface area contributed by atoms with Crippen molar-refractivity contribution in [2.45, 2.75) is 12.7 Å². The molecule has 0 bridgehead atoms. The van der Waals surface area contributed by atoms with Crippen LogP contribution in [0.4, 0.5) is 5.69 Å². The Bertz CT molecular complexity index is 659. The molecule has 1 N–H and O–H groups in total. The van der Waals surface area contributed by atoms with Gasteiger partial charge in [-0.15, -0.1) is 11.8 Å². The molecule has 2 aromatic rings. The molecular formula is C17H17Cl2NO2S. The Morgan fingerprint density at radius 3 is 2.52 bits per heavy atom. The monoisotopic (exact) mass is 369 g/mol. The van der Waals surface area contributed by atoms with Crippen LogP contribution < -0.4 is 10.1 Å². The highest BCUT2D eigenvalue weighted by atomic mass is 35.5. The van der Waals surface area contributed by atoms with Gasteiger partial charge in [-0.05, 0) is 25.1 Å². The van der Waals surface area contributed by atoms with E-state index in [1.54, 1.807) is 18.2 Å². The molecule has 0 aliphatic heterocycles.